The number of aryl methyl sites for hydroxylation is 2. The summed E-state index contributed by atoms with van der Waals surface area (Å²) in [7, 11) is 0. The predicted octanol–water partition coefficient (Wildman–Crippen LogP) is 5.72. The summed E-state index contributed by atoms with van der Waals surface area (Å²) in [6.07, 6.45) is 3.09. The van der Waals surface area contributed by atoms with E-state index < -0.39 is 4.92 Å². The fourth-order valence-electron chi connectivity index (χ4n) is 3.54. The van der Waals surface area contributed by atoms with Crippen LogP contribution in [-0.4, -0.2) is 19.5 Å². The number of aromatic nitrogens is 3. The highest BCUT2D eigenvalue weighted by atomic mass is 16.6. The molecule has 0 saturated heterocycles. The lowest BCUT2D eigenvalue weighted by molar-refractivity contribution is -0.385. The SMILES string of the molecule is CCCCC#Cc1ccc(-c2nc3cccc(C)n3c2-c2onc(C)c2[N+](=O)[O-])cc1. The Bertz CT molecular complexity index is 1320. The van der Waals surface area contributed by atoms with Gasteiger partial charge in [-0.1, -0.05) is 48.5 Å². The molecule has 0 aliphatic rings. The minimum atomic E-state index is -0.461. The maximum Gasteiger partial charge on any atom is 0.340 e. The van der Waals surface area contributed by atoms with Crippen molar-refractivity contribution >= 4 is 11.3 Å². The van der Waals surface area contributed by atoms with Crippen LogP contribution in [0.5, 0.6) is 0 Å². The van der Waals surface area contributed by atoms with E-state index >= 15 is 0 Å². The Morgan fingerprint density at radius 2 is 1.94 bits per heavy atom. The zero-order chi connectivity index (χ0) is 22.0. The second kappa shape index (κ2) is 8.44. The number of hydrogen-bond acceptors (Lipinski definition) is 5. The number of imidazole rings is 1. The van der Waals surface area contributed by atoms with Gasteiger partial charge in [-0.05, 0) is 44.5 Å². The third kappa shape index (κ3) is 3.80. The van der Waals surface area contributed by atoms with Crippen molar-refractivity contribution in [3.63, 3.8) is 0 Å². The third-order valence-electron chi connectivity index (χ3n) is 5.11. The van der Waals surface area contributed by atoms with Crippen LogP contribution in [0.1, 0.15) is 43.1 Å². The molecule has 4 rings (SSSR count). The van der Waals surface area contributed by atoms with Gasteiger partial charge in [-0.2, -0.15) is 0 Å². The maximum absolute atomic E-state index is 11.7. The normalized spacial score (nSPS) is 10.8. The molecule has 0 spiro atoms. The zero-order valence-corrected chi connectivity index (χ0v) is 17.7. The molecule has 31 heavy (non-hydrogen) atoms. The van der Waals surface area contributed by atoms with E-state index in [-0.39, 0.29) is 17.1 Å². The van der Waals surface area contributed by atoms with Crippen molar-refractivity contribution in [3.8, 4) is 34.6 Å². The number of pyridine rings is 1. The lowest BCUT2D eigenvalue weighted by Crippen LogP contribution is -1.97. The van der Waals surface area contributed by atoms with Crippen molar-refractivity contribution < 1.29 is 9.45 Å². The minimum absolute atomic E-state index is 0.0998. The zero-order valence-electron chi connectivity index (χ0n) is 17.7. The van der Waals surface area contributed by atoms with E-state index in [4.69, 9.17) is 9.51 Å². The van der Waals surface area contributed by atoms with Gasteiger partial charge in [0.05, 0.1) is 4.92 Å². The first-order valence-electron chi connectivity index (χ1n) is 10.2. The summed E-state index contributed by atoms with van der Waals surface area (Å²) >= 11 is 0. The number of hydrogen-bond donors (Lipinski definition) is 0. The molecule has 0 atom stereocenters. The van der Waals surface area contributed by atoms with Crippen LogP contribution in [0.15, 0.2) is 47.0 Å². The first-order valence-corrected chi connectivity index (χ1v) is 10.2. The Balaban J connectivity index is 1.88. The van der Waals surface area contributed by atoms with Crippen molar-refractivity contribution in [2.75, 3.05) is 0 Å². The fraction of sp³-hybridized carbons (Fsp3) is 0.250. The van der Waals surface area contributed by atoms with Gasteiger partial charge in [-0.15, -0.1) is 0 Å². The number of benzene rings is 1. The molecule has 3 heterocycles. The second-order valence-electron chi connectivity index (χ2n) is 7.36. The molecule has 156 valence electrons. The summed E-state index contributed by atoms with van der Waals surface area (Å²) in [5, 5.41) is 15.6. The quantitative estimate of drug-likeness (QED) is 0.180. The minimum Gasteiger partial charge on any atom is -0.347 e. The average molecular weight is 414 g/mol. The van der Waals surface area contributed by atoms with Gasteiger partial charge >= 0.3 is 5.69 Å². The van der Waals surface area contributed by atoms with E-state index in [0.29, 0.717) is 17.0 Å². The molecule has 7 heteroatoms. The molecule has 0 saturated carbocycles. The molecule has 0 unspecified atom stereocenters. The van der Waals surface area contributed by atoms with Crippen molar-refractivity contribution in [3.05, 3.63) is 69.5 Å². The predicted molar refractivity (Wildman–Crippen MR) is 119 cm³/mol. The van der Waals surface area contributed by atoms with Gasteiger partial charge in [-0.25, -0.2) is 4.98 Å². The molecule has 0 N–H and O–H groups in total. The molecular formula is C24H22N4O3. The van der Waals surface area contributed by atoms with E-state index in [9.17, 15) is 10.1 Å². The number of rotatable bonds is 5. The summed E-state index contributed by atoms with van der Waals surface area (Å²) in [6, 6.07) is 13.4. The van der Waals surface area contributed by atoms with E-state index in [1.165, 1.54) is 0 Å². The molecule has 4 aromatic rings. The molecular weight excluding hydrogens is 392 g/mol. The lowest BCUT2D eigenvalue weighted by Gasteiger charge is -2.05. The average Bonchev–Trinajstić information content (AvgIpc) is 3.33. The van der Waals surface area contributed by atoms with Crippen LogP contribution in [0.3, 0.4) is 0 Å². The van der Waals surface area contributed by atoms with Crippen LogP contribution >= 0.6 is 0 Å². The topological polar surface area (TPSA) is 86.5 Å². The van der Waals surface area contributed by atoms with Crippen LogP contribution in [0.4, 0.5) is 5.69 Å². The first-order chi connectivity index (χ1) is 15.0. The van der Waals surface area contributed by atoms with Crippen LogP contribution < -0.4 is 0 Å². The van der Waals surface area contributed by atoms with Gasteiger partial charge in [0, 0.05) is 23.2 Å². The van der Waals surface area contributed by atoms with Gasteiger partial charge in [0.15, 0.2) is 5.69 Å². The van der Waals surface area contributed by atoms with Gasteiger partial charge in [-0.3, -0.25) is 14.5 Å². The summed E-state index contributed by atoms with van der Waals surface area (Å²) < 4.78 is 7.31. The Morgan fingerprint density at radius 1 is 1.16 bits per heavy atom. The molecule has 0 amide bonds. The van der Waals surface area contributed by atoms with Gasteiger partial charge in [0.25, 0.3) is 5.76 Å². The molecule has 0 fully saturated rings. The molecule has 0 radical (unpaired) electrons. The monoisotopic (exact) mass is 414 g/mol. The highest BCUT2D eigenvalue weighted by Crippen LogP contribution is 2.39. The van der Waals surface area contributed by atoms with Crippen molar-refractivity contribution in [2.45, 2.75) is 40.0 Å². The van der Waals surface area contributed by atoms with Crippen LogP contribution in [0.25, 0.3) is 28.4 Å². The second-order valence-corrected chi connectivity index (χ2v) is 7.36. The van der Waals surface area contributed by atoms with Gasteiger partial charge in [0.2, 0.25) is 0 Å². The van der Waals surface area contributed by atoms with Gasteiger partial charge in [0.1, 0.15) is 17.0 Å². The third-order valence-corrected chi connectivity index (χ3v) is 5.11. The number of unbranched alkanes of at least 4 members (excludes halogenated alkanes) is 2. The highest BCUT2D eigenvalue weighted by Gasteiger charge is 2.31. The Morgan fingerprint density at radius 3 is 2.65 bits per heavy atom. The Kier molecular flexibility index (Phi) is 5.54. The number of fused-ring (bicyclic) bond motifs is 1. The van der Waals surface area contributed by atoms with Crippen LogP contribution in [-0.2, 0) is 0 Å². The summed E-state index contributed by atoms with van der Waals surface area (Å²) in [4.78, 5) is 16.0. The van der Waals surface area contributed by atoms with E-state index in [2.05, 4.69) is 23.9 Å². The van der Waals surface area contributed by atoms with Crippen LogP contribution in [0, 0.1) is 35.8 Å². The molecule has 0 aliphatic heterocycles. The summed E-state index contributed by atoms with van der Waals surface area (Å²) in [5.41, 5.74) is 4.49. The van der Waals surface area contributed by atoms with E-state index in [1.54, 1.807) is 6.92 Å². The maximum atomic E-state index is 11.7. The lowest BCUT2D eigenvalue weighted by atomic mass is 10.1. The molecule has 7 nitrogen and oxygen atoms in total. The Labute approximate surface area is 179 Å². The largest absolute Gasteiger partial charge is 0.347 e. The smallest absolute Gasteiger partial charge is 0.340 e. The van der Waals surface area contributed by atoms with Crippen molar-refractivity contribution in [1.29, 1.82) is 0 Å². The fourth-order valence-corrected chi connectivity index (χ4v) is 3.54. The van der Waals surface area contributed by atoms with Crippen molar-refractivity contribution in [2.24, 2.45) is 0 Å². The standard InChI is InChI=1S/C24H22N4O3/c1-4-5-6-7-10-18-12-14-19(15-13-18)21-23(24-22(28(29)30)17(3)26-31-24)27-16(2)9-8-11-20(27)25-21/h8-9,11-15H,4-6H2,1-3H3. The summed E-state index contributed by atoms with van der Waals surface area (Å²) in [6.45, 7) is 5.63. The van der Waals surface area contributed by atoms with Gasteiger partial charge < -0.3 is 4.52 Å². The number of nitro groups is 1. The molecule has 0 bridgehead atoms. The van der Waals surface area contributed by atoms with E-state index in [0.717, 1.165) is 36.1 Å². The van der Waals surface area contributed by atoms with Crippen LogP contribution in [0.2, 0.25) is 0 Å². The molecule has 0 aliphatic carbocycles. The first kappa shape index (κ1) is 20.4. The summed E-state index contributed by atoms with van der Waals surface area (Å²) in [5.74, 6) is 6.46. The number of nitrogens with zero attached hydrogens (tertiary/aromatic N) is 4. The van der Waals surface area contributed by atoms with Crippen molar-refractivity contribution in [1.82, 2.24) is 14.5 Å². The molecule has 1 aromatic carbocycles. The highest BCUT2D eigenvalue weighted by molar-refractivity contribution is 5.84. The van der Waals surface area contributed by atoms with E-state index in [1.807, 2.05) is 53.8 Å². The Hall–Kier alpha value is -3.92. The molecule has 3 aromatic heterocycles.